The summed E-state index contributed by atoms with van der Waals surface area (Å²) in [6.45, 7) is 6.45. The number of H-pyrrole nitrogens is 1. The van der Waals surface area contributed by atoms with Gasteiger partial charge in [-0.2, -0.15) is 0 Å². The summed E-state index contributed by atoms with van der Waals surface area (Å²) in [4.78, 5) is 14.1. The van der Waals surface area contributed by atoms with Crippen molar-refractivity contribution in [3.63, 3.8) is 0 Å². The van der Waals surface area contributed by atoms with Crippen LogP contribution in [0.1, 0.15) is 31.9 Å². The van der Waals surface area contributed by atoms with E-state index in [4.69, 9.17) is 10.8 Å². The van der Waals surface area contributed by atoms with E-state index in [0.717, 1.165) is 16.5 Å². The Hall–Kier alpha value is -1.81. The molecule has 0 saturated heterocycles. The van der Waals surface area contributed by atoms with Crippen LogP contribution in [0.2, 0.25) is 0 Å². The van der Waals surface area contributed by atoms with Gasteiger partial charge in [0.25, 0.3) is 0 Å². The SMILES string of the molecule is CC(C)(C)c1cccc2[nH]cc(C[C@H](N)C(=O)O)c12. The smallest absolute Gasteiger partial charge is 0.320 e. The number of benzene rings is 1. The van der Waals surface area contributed by atoms with Gasteiger partial charge in [-0.3, -0.25) is 4.79 Å². The quantitative estimate of drug-likeness (QED) is 0.793. The molecule has 1 atom stereocenters. The molecule has 0 spiro atoms. The van der Waals surface area contributed by atoms with Crippen LogP contribution in [0.5, 0.6) is 0 Å². The number of carboxylic acids is 1. The minimum Gasteiger partial charge on any atom is -0.480 e. The van der Waals surface area contributed by atoms with Crippen LogP contribution < -0.4 is 5.73 Å². The molecule has 1 aromatic heterocycles. The normalized spacial score (nSPS) is 13.7. The van der Waals surface area contributed by atoms with Crippen molar-refractivity contribution in [2.45, 2.75) is 38.6 Å². The van der Waals surface area contributed by atoms with Gasteiger partial charge >= 0.3 is 5.97 Å². The van der Waals surface area contributed by atoms with Crippen LogP contribution >= 0.6 is 0 Å². The zero-order valence-electron chi connectivity index (χ0n) is 11.5. The van der Waals surface area contributed by atoms with Gasteiger partial charge in [0, 0.05) is 23.5 Å². The number of nitrogens with one attached hydrogen (secondary N) is 1. The van der Waals surface area contributed by atoms with Crippen molar-refractivity contribution in [2.75, 3.05) is 0 Å². The lowest BCUT2D eigenvalue weighted by Gasteiger charge is -2.21. The number of hydrogen-bond donors (Lipinski definition) is 3. The van der Waals surface area contributed by atoms with E-state index in [1.54, 1.807) is 0 Å². The molecule has 0 aliphatic rings. The fraction of sp³-hybridized carbons (Fsp3) is 0.400. The van der Waals surface area contributed by atoms with Gasteiger partial charge in [-0.25, -0.2) is 0 Å². The van der Waals surface area contributed by atoms with Crippen molar-refractivity contribution in [3.05, 3.63) is 35.5 Å². The van der Waals surface area contributed by atoms with Crippen molar-refractivity contribution in [1.82, 2.24) is 4.98 Å². The Bertz CT molecular complexity index is 608. The average molecular weight is 260 g/mol. The zero-order chi connectivity index (χ0) is 14.2. The summed E-state index contributed by atoms with van der Waals surface area (Å²) in [5.74, 6) is -0.970. The minimum absolute atomic E-state index is 0.00374. The van der Waals surface area contributed by atoms with Gasteiger partial charge < -0.3 is 15.8 Å². The highest BCUT2D eigenvalue weighted by Gasteiger charge is 2.21. The summed E-state index contributed by atoms with van der Waals surface area (Å²) in [6.07, 6.45) is 2.20. The van der Waals surface area contributed by atoms with Gasteiger partial charge in [0.15, 0.2) is 0 Å². The molecular formula is C15H20N2O2. The molecule has 102 valence electrons. The molecule has 2 rings (SSSR count). The van der Waals surface area contributed by atoms with E-state index in [0.29, 0.717) is 6.42 Å². The van der Waals surface area contributed by atoms with Gasteiger partial charge in [0.2, 0.25) is 0 Å². The predicted octanol–water partition coefficient (Wildman–Crippen LogP) is 2.42. The van der Waals surface area contributed by atoms with Crippen molar-refractivity contribution in [2.24, 2.45) is 5.73 Å². The highest BCUT2D eigenvalue weighted by atomic mass is 16.4. The second-order valence-electron chi connectivity index (χ2n) is 5.94. The van der Waals surface area contributed by atoms with E-state index in [1.807, 2.05) is 18.3 Å². The van der Waals surface area contributed by atoms with Gasteiger partial charge in [0.05, 0.1) is 0 Å². The molecule has 2 aromatic rings. The highest BCUT2D eigenvalue weighted by Crippen LogP contribution is 2.32. The van der Waals surface area contributed by atoms with E-state index in [9.17, 15) is 4.79 Å². The molecular weight excluding hydrogens is 240 g/mol. The summed E-state index contributed by atoms with van der Waals surface area (Å²) in [5, 5.41) is 10.1. The summed E-state index contributed by atoms with van der Waals surface area (Å²) in [7, 11) is 0. The molecule has 0 bridgehead atoms. The molecule has 4 heteroatoms. The van der Waals surface area contributed by atoms with Crippen LogP contribution in [-0.4, -0.2) is 22.1 Å². The average Bonchev–Trinajstić information content (AvgIpc) is 2.71. The molecule has 0 amide bonds. The molecule has 4 nitrogen and oxygen atoms in total. The Morgan fingerprint density at radius 1 is 1.42 bits per heavy atom. The second-order valence-corrected chi connectivity index (χ2v) is 5.94. The Labute approximate surface area is 112 Å². The maximum atomic E-state index is 10.9. The molecule has 0 saturated carbocycles. The molecule has 19 heavy (non-hydrogen) atoms. The monoisotopic (exact) mass is 260 g/mol. The first kappa shape index (κ1) is 13.6. The van der Waals surface area contributed by atoms with E-state index >= 15 is 0 Å². The molecule has 0 aliphatic carbocycles. The number of nitrogens with two attached hydrogens (primary N) is 1. The molecule has 0 aliphatic heterocycles. The number of hydrogen-bond acceptors (Lipinski definition) is 2. The predicted molar refractivity (Wildman–Crippen MR) is 76.3 cm³/mol. The first-order chi connectivity index (χ1) is 8.80. The topological polar surface area (TPSA) is 79.1 Å². The maximum absolute atomic E-state index is 10.9. The number of carboxylic acid groups (broad SMARTS) is 1. The number of aromatic nitrogens is 1. The molecule has 0 unspecified atom stereocenters. The van der Waals surface area contributed by atoms with E-state index in [-0.39, 0.29) is 5.41 Å². The maximum Gasteiger partial charge on any atom is 0.320 e. The summed E-state index contributed by atoms with van der Waals surface area (Å²) in [5.41, 5.74) is 8.85. The van der Waals surface area contributed by atoms with Crippen molar-refractivity contribution in [3.8, 4) is 0 Å². The number of aromatic amines is 1. The van der Waals surface area contributed by atoms with E-state index in [1.165, 1.54) is 5.56 Å². The number of rotatable bonds is 3. The Morgan fingerprint density at radius 2 is 2.11 bits per heavy atom. The molecule has 0 radical (unpaired) electrons. The van der Waals surface area contributed by atoms with Crippen molar-refractivity contribution < 1.29 is 9.90 Å². The standard InChI is InChI=1S/C15H20N2O2/c1-15(2,3)10-5-4-6-12-13(10)9(8-17-12)7-11(16)14(18)19/h4-6,8,11,17H,7,16H2,1-3H3,(H,18,19)/t11-/m0/s1. The Kier molecular flexibility index (Phi) is 3.37. The largest absolute Gasteiger partial charge is 0.480 e. The third-order valence-electron chi connectivity index (χ3n) is 3.35. The molecule has 0 fully saturated rings. The van der Waals surface area contributed by atoms with Crippen LogP contribution in [0.15, 0.2) is 24.4 Å². The third kappa shape index (κ3) is 2.63. The van der Waals surface area contributed by atoms with Crippen LogP contribution in [0.4, 0.5) is 0 Å². The zero-order valence-corrected chi connectivity index (χ0v) is 11.5. The van der Waals surface area contributed by atoms with Gasteiger partial charge in [0.1, 0.15) is 6.04 Å². The number of fused-ring (bicyclic) bond motifs is 1. The van der Waals surface area contributed by atoms with E-state index in [2.05, 4.69) is 31.8 Å². The van der Waals surface area contributed by atoms with Crippen LogP contribution in [0.25, 0.3) is 10.9 Å². The van der Waals surface area contributed by atoms with Crippen LogP contribution in [0, 0.1) is 0 Å². The number of carbonyl (C=O) groups is 1. The summed E-state index contributed by atoms with van der Waals surface area (Å²) < 4.78 is 0. The lowest BCUT2D eigenvalue weighted by Crippen LogP contribution is -2.32. The van der Waals surface area contributed by atoms with E-state index < -0.39 is 12.0 Å². The lowest BCUT2D eigenvalue weighted by atomic mass is 9.83. The Morgan fingerprint density at radius 3 is 2.68 bits per heavy atom. The number of aliphatic carboxylic acids is 1. The molecule has 1 aromatic carbocycles. The summed E-state index contributed by atoms with van der Waals surface area (Å²) in [6, 6.07) is 5.24. The second kappa shape index (κ2) is 4.70. The molecule has 4 N–H and O–H groups in total. The van der Waals surface area contributed by atoms with Gasteiger partial charge in [-0.1, -0.05) is 32.9 Å². The fourth-order valence-corrected chi connectivity index (χ4v) is 2.37. The highest BCUT2D eigenvalue weighted by molar-refractivity contribution is 5.88. The van der Waals surface area contributed by atoms with Gasteiger partial charge in [-0.05, 0) is 22.6 Å². The molecule has 1 heterocycles. The fourth-order valence-electron chi connectivity index (χ4n) is 2.37. The van der Waals surface area contributed by atoms with Crippen molar-refractivity contribution >= 4 is 16.9 Å². The van der Waals surface area contributed by atoms with Gasteiger partial charge in [-0.15, -0.1) is 0 Å². The Balaban J connectivity index is 2.54. The van der Waals surface area contributed by atoms with Crippen LogP contribution in [-0.2, 0) is 16.6 Å². The van der Waals surface area contributed by atoms with Crippen molar-refractivity contribution in [1.29, 1.82) is 0 Å². The first-order valence-corrected chi connectivity index (χ1v) is 6.38. The minimum atomic E-state index is -0.970. The summed E-state index contributed by atoms with van der Waals surface area (Å²) >= 11 is 0. The van der Waals surface area contributed by atoms with Crippen LogP contribution in [0.3, 0.4) is 0 Å². The lowest BCUT2D eigenvalue weighted by molar-refractivity contribution is -0.138. The third-order valence-corrected chi connectivity index (χ3v) is 3.35. The first-order valence-electron chi connectivity index (χ1n) is 6.38.